The van der Waals surface area contributed by atoms with E-state index in [4.69, 9.17) is 9.47 Å². The van der Waals surface area contributed by atoms with Crippen LogP contribution in [0.1, 0.15) is 44.2 Å². The summed E-state index contributed by atoms with van der Waals surface area (Å²) in [6.45, 7) is 7.76. The van der Waals surface area contributed by atoms with Gasteiger partial charge >= 0.3 is 6.09 Å². The molecule has 1 aliphatic rings. The molecule has 1 amide bonds. The fourth-order valence-corrected chi connectivity index (χ4v) is 3.82. The molecule has 156 valence electrons. The van der Waals surface area contributed by atoms with Crippen molar-refractivity contribution in [1.29, 1.82) is 0 Å². The third-order valence-corrected chi connectivity index (χ3v) is 5.24. The number of para-hydroxylation sites is 1. The molecule has 2 unspecified atom stereocenters. The van der Waals surface area contributed by atoms with Gasteiger partial charge in [0, 0.05) is 37.2 Å². The number of amides is 1. The fourth-order valence-electron chi connectivity index (χ4n) is 3.82. The van der Waals surface area contributed by atoms with Gasteiger partial charge in [0.2, 0.25) is 0 Å². The topological polar surface area (TPSA) is 50.8 Å². The molecule has 0 saturated carbocycles. The molecule has 29 heavy (non-hydrogen) atoms. The van der Waals surface area contributed by atoms with Gasteiger partial charge in [-0.1, -0.05) is 48.5 Å². The van der Waals surface area contributed by atoms with Gasteiger partial charge in [-0.3, -0.25) is 0 Å². The van der Waals surface area contributed by atoms with Gasteiger partial charge in [-0.15, -0.1) is 0 Å². The molecular weight excluding hydrogens is 364 g/mol. The van der Waals surface area contributed by atoms with E-state index in [1.807, 2.05) is 49.9 Å². The number of hydrogen-bond acceptors (Lipinski definition) is 4. The van der Waals surface area contributed by atoms with Crippen LogP contribution in [0.15, 0.2) is 54.6 Å². The minimum absolute atomic E-state index is 0.201. The number of hydrogen-bond donors (Lipinski definition) is 1. The highest BCUT2D eigenvalue weighted by Crippen LogP contribution is 2.29. The Morgan fingerprint density at radius 1 is 1.10 bits per heavy atom. The van der Waals surface area contributed by atoms with Crippen LogP contribution in [0.5, 0.6) is 5.75 Å². The van der Waals surface area contributed by atoms with Crippen LogP contribution in [-0.4, -0.2) is 42.8 Å². The smallest absolute Gasteiger partial charge is 0.410 e. The van der Waals surface area contributed by atoms with Gasteiger partial charge in [0.25, 0.3) is 0 Å². The number of ether oxygens (including phenoxy) is 2. The third kappa shape index (κ3) is 5.73. The summed E-state index contributed by atoms with van der Waals surface area (Å²) in [5, 5.41) is 3.71. The average molecular weight is 397 g/mol. The first-order valence-corrected chi connectivity index (χ1v) is 10.3. The SMILES string of the molecule is COc1ccccc1CNC1CCN(C(=O)OC(C)(C)C)CC1c1ccccc1. The molecule has 5 heteroatoms. The Morgan fingerprint density at radius 3 is 2.48 bits per heavy atom. The van der Waals surface area contributed by atoms with Gasteiger partial charge < -0.3 is 19.7 Å². The maximum Gasteiger partial charge on any atom is 0.410 e. The van der Waals surface area contributed by atoms with Crippen LogP contribution < -0.4 is 10.1 Å². The lowest BCUT2D eigenvalue weighted by Gasteiger charge is -2.39. The lowest BCUT2D eigenvalue weighted by Crippen LogP contribution is -2.50. The van der Waals surface area contributed by atoms with Gasteiger partial charge in [-0.05, 0) is 38.8 Å². The molecule has 1 aliphatic heterocycles. The zero-order valence-electron chi connectivity index (χ0n) is 17.9. The van der Waals surface area contributed by atoms with Crippen molar-refractivity contribution in [2.24, 2.45) is 0 Å². The summed E-state index contributed by atoms with van der Waals surface area (Å²) in [4.78, 5) is 14.5. The van der Waals surface area contributed by atoms with E-state index in [2.05, 4.69) is 35.6 Å². The third-order valence-electron chi connectivity index (χ3n) is 5.24. The quantitative estimate of drug-likeness (QED) is 0.804. The molecule has 1 heterocycles. The van der Waals surface area contributed by atoms with Crippen molar-refractivity contribution < 1.29 is 14.3 Å². The average Bonchev–Trinajstić information content (AvgIpc) is 2.71. The number of carbonyl (C=O) groups is 1. The number of piperidine rings is 1. The van der Waals surface area contributed by atoms with E-state index >= 15 is 0 Å². The van der Waals surface area contributed by atoms with Gasteiger partial charge in [-0.25, -0.2) is 4.79 Å². The van der Waals surface area contributed by atoms with E-state index in [0.29, 0.717) is 13.1 Å². The van der Waals surface area contributed by atoms with Crippen LogP contribution in [0.2, 0.25) is 0 Å². The van der Waals surface area contributed by atoms with Crippen LogP contribution >= 0.6 is 0 Å². The van der Waals surface area contributed by atoms with Crippen molar-refractivity contribution in [3.63, 3.8) is 0 Å². The highest BCUT2D eigenvalue weighted by Gasteiger charge is 2.34. The molecule has 0 aliphatic carbocycles. The van der Waals surface area contributed by atoms with Crippen molar-refractivity contribution in [2.45, 2.75) is 51.3 Å². The Bertz CT molecular complexity index is 801. The molecule has 3 rings (SSSR count). The van der Waals surface area contributed by atoms with Crippen LogP contribution in [0, 0.1) is 0 Å². The van der Waals surface area contributed by atoms with E-state index in [-0.39, 0.29) is 18.1 Å². The molecule has 0 spiro atoms. The van der Waals surface area contributed by atoms with Crippen LogP contribution in [0.25, 0.3) is 0 Å². The Labute approximate surface area is 174 Å². The molecule has 2 aromatic rings. The minimum atomic E-state index is -0.488. The largest absolute Gasteiger partial charge is 0.496 e. The Hall–Kier alpha value is -2.53. The van der Waals surface area contributed by atoms with Crippen molar-refractivity contribution in [1.82, 2.24) is 10.2 Å². The molecule has 1 N–H and O–H groups in total. The van der Waals surface area contributed by atoms with E-state index in [9.17, 15) is 4.79 Å². The van der Waals surface area contributed by atoms with Crippen molar-refractivity contribution in [3.8, 4) is 5.75 Å². The van der Waals surface area contributed by atoms with Gasteiger partial charge in [0.15, 0.2) is 0 Å². The predicted molar refractivity (Wildman–Crippen MR) is 115 cm³/mol. The number of carbonyl (C=O) groups excluding carboxylic acids is 1. The molecule has 0 bridgehead atoms. The lowest BCUT2D eigenvalue weighted by molar-refractivity contribution is 0.0175. The second-order valence-corrected chi connectivity index (χ2v) is 8.53. The zero-order valence-corrected chi connectivity index (χ0v) is 17.9. The Balaban J connectivity index is 1.73. The number of rotatable bonds is 5. The van der Waals surface area contributed by atoms with E-state index in [0.717, 1.165) is 24.3 Å². The highest BCUT2D eigenvalue weighted by atomic mass is 16.6. The van der Waals surface area contributed by atoms with Crippen LogP contribution in [-0.2, 0) is 11.3 Å². The summed E-state index contributed by atoms with van der Waals surface area (Å²) < 4.78 is 11.1. The molecule has 2 atom stereocenters. The molecular formula is C24H32N2O3. The highest BCUT2D eigenvalue weighted by molar-refractivity contribution is 5.68. The number of nitrogens with zero attached hydrogens (tertiary/aromatic N) is 1. The molecule has 0 aromatic heterocycles. The fraction of sp³-hybridized carbons (Fsp3) is 0.458. The Kier molecular flexibility index (Phi) is 6.80. The monoisotopic (exact) mass is 396 g/mol. The molecule has 0 radical (unpaired) electrons. The van der Waals surface area contributed by atoms with Crippen LogP contribution in [0.3, 0.4) is 0 Å². The first-order valence-electron chi connectivity index (χ1n) is 10.3. The maximum absolute atomic E-state index is 12.6. The number of methoxy groups -OCH3 is 1. The predicted octanol–water partition coefficient (Wildman–Crippen LogP) is 4.58. The lowest BCUT2D eigenvalue weighted by atomic mass is 9.86. The second-order valence-electron chi connectivity index (χ2n) is 8.53. The molecule has 2 aromatic carbocycles. The summed E-state index contributed by atoms with van der Waals surface area (Å²) >= 11 is 0. The van der Waals surface area contributed by atoms with Crippen molar-refractivity contribution in [3.05, 3.63) is 65.7 Å². The number of likely N-dealkylation sites (tertiary alicyclic amines) is 1. The van der Waals surface area contributed by atoms with E-state index in [1.165, 1.54) is 5.56 Å². The van der Waals surface area contributed by atoms with Gasteiger partial charge in [0.05, 0.1) is 7.11 Å². The van der Waals surface area contributed by atoms with Crippen molar-refractivity contribution >= 4 is 6.09 Å². The van der Waals surface area contributed by atoms with Gasteiger partial charge in [-0.2, -0.15) is 0 Å². The Morgan fingerprint density at radius 2 is 1.79 bits per heavy atom. The van der Waals surface area contributed by atoms with E-state index in [1.54, 1.807) is 7.11 Å². The zero-order chi connectivity index (χ0) is 20.9. The standard InChI is InChI=1S/C24H32N2O3/c1-24(2,3)29-23(27)26-15-14-21(20(17-26)18-10-6-5-7-11-18)25-16-19-12-8-9-13-22(19)28-4/h5-13,20-21,25H,14-17H2,1-4H3. The number of nitrogens with one attached hydrogen (secondary N) is 1. The van der Waals surface area contributed by atoms with Crippen LogP contribution in [0.4, 0.5) is 4.79 Å². The molecule has 5 nitrogen and oxygen atoms in total. The van der Waals surface area contributed by atoms with Gasteiger partial charge in [0.1, 0.15) is 11.4 Å². The molecule has 1 saturated heterocycles. The van der Waals surface area contributed by atoms with Crippen molar-refractivity contribution in [2.75, 3.05) is 20.2 Å². The summed E-state index contributed by atoms with van der Waals surface area (Å²) in [6, 6.07) is 18.8. The summed E-state index contributed by atoms with van der Waals surface area (Å²) in [5.41, 5.74) is 1.88. The van der Waals surface area contributed by atoms with E-state index < -0.39 is 5.60 Å². The molecule has 1 fully saturated rings. The minimum Gasteiger partial charge on any atom is -0.496 e. The summed E-state index contributed by atoms with van der Waals surface area (Å²) in [5.74, 6) is 1.09. The normalized spacial score (nSPS) is 19.7. The first-order chi connectivity index (χ1) is 13.9. The second kappa shape index (κ2) is 9.31. The maximum atomic E-state index is 12.6. The summed E-state index contributed by atoms with van der Waals surface area (Å²) in [6.07, 6.45) is 0.634. The first kappa shape index (κ1) is 21.2. The number of benzene rings is 2. The summed E-state index contributed by atoms with van der Waals surface area (Å²) in [7, 11) is 1.70.